The van der Waals surface area contributed by atoms with Gasteiger partial charge in [0.2, 0.25) is 5.88 Å². The molecule has 3 heterocycles. The summed E-state index contributed by atoms with van der Waals surface area (Å²) in [6.45, 7) is 4.48. The molecule has 3 rings (SSSR count). The van der Waals surface area contributed by atoms with Gasteiger partial charge < -0.3 is 14.5 Å². The van der Waals surface area contributed by atoms with Gasteiger partial charge in [-0.1, -0.05) is 17.8 Å². The molecule has 1 N–H and O–H groups in total. The number of pyridine rings is 1. The van der Waals surface area contributed by atoms with Crippen LogP contribution in [0.25, 0.3) is 0 Å². The molecular weight excluding hydrogens is 314 g/mol. The van der Waals surface area contributed by atoms with Crippen LogP contribution in [0.5, 0.6) is 5.88 Å². The highest BCUT2D eigenvalue weighted by molar-refractivity contribution is 7.98. The monoisotopic (exact) mass is 333 g/mol. The lowest BCUT2D eigenvalue weighted by Crippen LogP contribution is -2.23. The Morgan fingerprint density at radius 1 is 1.48 bits per heavy atom. The summed E-state index contributed by atoms with van der Waals surface area (Å²) in [5.74, 6) is 1.09. The van der Waals surface area contributed by atoms with E-state index >= 15 is 0 Å². The van der Waals surface area contributed by atoms with Gasteiger partial charge in [0.05, 0.1) is 17.9 Å². The number of nitrogens with one attached hydrogen (secondary N) is 1. The average Bonchev–Trinajstić information content (AvgIpc) is 3.02. The number of aromatic amines is 1. The number of rotatable bonds is 5. The number of methoxy groups -OCH3 is 1. The second-order valence-corrected chi connectivity index (χ2v) is 6.73. The lowest BCUT2D eigenvalue weighted by molar-refractivity contribution is 0.0149. The largest absolute Gasteiger partial charge is 0.477 e. The molecule has 1 aliphatic heterocycles. The second kappa shape index (κ2) is 6.33. The minimum atomic E-state index is -0.473. The van der Waals surface area contributed by atoms with E-state index in [0.717, 1.165) is 11.3 Å². The van der Waals surface area contributed by atoms with Gasteiger partial charge in [-0.15, -0.1) is 0 Å². The summed E-state index contributed by atoms with van der Waals surface area (Å²) in [5.41, 5.74) is 1.98. The predicted molar refractivity (Wildman–Crippen MR) is 87.9 cm³/mol. The zero-order valence-electron chi connectivity index (χ0n) is 13.4. The first-order valence-corrected chi connectivity index (χ1v) is 8.38. The third-order valence-electron chi connectivity index (χ3n) is 3.88. The van der Waals surface area contributed by atoms with E-state index in [2.05, 4.69) is 15.0 Å². The molecular formula is C16H19N3O3S. The van der Waals surface area contributed by atoms with Crippen LogP contribution in [0.15, 0.2) is 28.3 Å². The third kappa shape index (κ3) is 3.25. The molecule has 7 heteroatoms. The van der Waals surface area contributed by atoms with Gasteiger partial charge in [-0.25, -0.2) is 0 Å². The SMILES string of the molecule is COC(C)(C)c1ncccc1CSc1nc2c(c(=O)[nH]1)CCO2. The predicted octanol–water partition coefficient (Wildman–Crippen LogP) is 2.27. The fraction of sp³-hybridized carbons (Fsp3) is 0.438. The van der Waals surface area contributed by atoms with Crippen molar-refractivity contribution >= 4 is 11.8 Å². The van der Waals surface area contributed by atoms with Gasteiger partial charge >= 0.3 is 0 Å². The van der Waals surface area contributed by atoms with E-state index in [0.29, 0.717) is 35.4 Å². The number of hydrogen-bond acceptors (Lipinski definition) is 6. The molecule has 0 fully saturated rings. The van der Waals surface area contributed by atoms with Gasteiger partial charge in [0.1, 0.15) is 5.60 Å². The Morgan fingerprint density at radius 3 is 3.09 bits per heavy atom. The van der Waals surface area contributed by atoms with Crippen LogP contribution in [0.2, 0.25) is 0 Å². The van der Waals surface area contributed by atoms with Crippen molar-refractivity contribution in [3.05, 3.63) is 45.5 Å². The molecule has 0 saturated heterocycles. The Kier molecular flexibility index (Phi) is 4.41. The Morgan fingerprint density at radius 2 is 2.30 bits per heavy atom. The number of hydrogen-bond donors (Lipinski definition) is 1. The molecule has 1 aliphatic rings. The molecule has 0 bridgehead atoms. The molecule has 0 unspecified atom stereocenters. The highest BCUT2D eigenvalue weighted by Gasteiger charge is 2.25. The normalized spacial score (nSPS) is 13.7. The Balaban J connectivity index is 1.82. The lowest BCUT2D eigenvalue weighted by Gasteiger charge is -2.24. The third-order valence-corrected chi connectivity index (χ3v) is 4.81. The van der Waals surface area contributed by atoms with E-state index in [1.807, 2.05) is 26.0 Å². The summed E-state index contributed by atoms with van der Waals surface area (Å²) in [5, 5.41) is 0.556. The van der Waals surface area contributed by atoms with Crippen molar-refractivity contribution in [3.63, 3.8) is 0 Å². The Bertz CT molecular complexity index is 773. The zero-order valence-corrected chi connectivity index (χ0v) is 14.2. The summed E-state index contributed by atoms with van der Waals surface area (Å²) in [6.07, 6.45) is 2.38. The van der Waals surface area contributed by atoms with Crippen molar-refractivity contribution in [1.82, 2.24) is 15.0 Å². The van der Waals surface area contributed by atoms with Crippen LogP contribution in [0.1, 0.15) is 30.7 Å². The summed E-state index contributed by atoms with van der Waals surface area (Å²) in [4.78, 5) is 23.6. The summed E-state index contributed by atoms with van der Waals surface area (Å²) < 4.78 is 10.9. The zero-order chi connectivity index (χ0) is 16.4. The number of aromatic nitrogens is 3. The molecule has 0 radical (unpaired) electrons. The second-order valence-electron chi connectivity index (χ2n) is 5.77. The molecule has 2 aromatic rings. The van der Waals surface area contributed by atoms with Crippen LogP contribution in [-0.2, 0) is 22.5 Å². The summed E-state index contributed by atoms with van der Waals surface area (Å²) in [7, 11) is 1.67. The first kappa shape index (κ1) is 16.0. The summed E-state index contributed by atoms with van der Waals surface area (Å²) in [6, 6.07) is 3.91. The molecule has 122 valence electrons. The van der Waals surface area contributed by atoms with E-state index < -0.39 is 5.60 Å². The topological polar surface area (TPSA) is 77.1 Å². The first-order valence-electron chi connectivity index (χ1n) is 7.39. The molecule has 0 spiro atoms. The number of thioether (sulfide) groups is 1. The van der Waals surface area contributed by atoms with Crippen molar-refractivity contribution in [2.75, 3.05) is 13.7 Å². The number of fused-ring (bicyclic) bond motifs is 1. The molecule has 0 amide bonds. The van der Waals surface area contributed by atoms with Crippen LogP contribution >= 0.6 is 11.8 Å². The van der Waals surface area contributed by atoms with Crippen molar-refractivity contribution in [1.29, 1.82) is 0 Å². The maximum atomic E-state index is 12.0. The van der Waals surface area contributed by atoms with Gasteiger partial charge in [0, 0.05) is 25.5 Å². The van der Waals surface area contributed by atoms with E-state index in [-0.39, 0.29) is 5.56 Å². The van der Waals surface area contributed by atoms with Gasteiger partial charge in [0.25, 0.3) is 5.56 Å². The van der Waals surface area contributed by atoms with Crippen molar-refractivity contribution < 1.29 is 9.47 Å². The van der Waals surface area contributed by atoms with Crippen LogP contribution in [0.3, 0.4) is 0 Å². The van der Waals surface area contributed by atoms with Crippen molar-refractivity contribution in [3.8, 4) is 5.88 Å². The average molecular weight is 333 g/mol. The van der Waals surface area contributed by atoms with E-state index in [9.17, 15) is 4.79 Å². The fourth-order valence-corrected chi connectivity index (χ4v) is 3.29. The van der Waals surface area contributed by atoms with Gasteiger partial charge in [0.15, 0.2) is 5.16 Å². The van der Waals surface area contributed by atoms with Crippen molar-refractivity contribution in [2.24, 2.45) is 0 Å². The minimum absolute atomic E-state index is 0.112. The van der Waals surface area contributed by atoms with Crippen LogP contribution in [0, 0.1) is 0 Å². The maximum Gasteiger partial charge on any atom is 0.258 e. The van der Waals surface area contributed by atoms with Crippen LogP contribution in [0.4, 0.5) is 0 Å². The molecule has 6 nitrogen and oxygen atoms in total. The molecule has 0 saturated carbocycles. The van der Waals surface area contributed by atoms with Crippen molar-refractivity contribution in [2.45, 2.75) is 36.8 Å². The van der Waals surface area contributed by atoms with Crippen LogP contribution in [-0.4, -0.2) is 28.7 Å². The molecule has 0 aromatic carbocycles. The molecule has 23 heavy (non-hydrogen) atoms. The molecule has 0 aliphatic carbocycles. The van der Waals surface area contributed by atoms with E-state index in [4.69, 9.17) is 9.47 Å². The van der Waals surface area contributed by atoms with Gasteiger partial charge in [-0.05, 0) is 25.5 Å². The van der Waals surface area contributed by atoms with E-state index in [1.165, 1.54) is 11.8 Å². The minimum Gasteiger partial charge on any atom is -0.477 e. The smallest absolute Gasteiger partial charge is 0.258 e. The Labute approximate surface area is 138 Å². The van der Waals surface area contributed by atoms with Gasteiger partial charge in [-0.3, -0.25) is 9.78 Å². The van der Waals surface area contributed by atoms with E-state index in [1.54, 1.807) is 13.3 Å². The highest BCUT2D eigenvalue weighted by atomic mass is 32.2. The maximum absolute atomic E-state index is 12.0. The van der Waals surface area contributed by atoms with Crippen LogP contribution < -0.4 is 10.3 Å². The summed E-state index contributed by atoms with van der Waals surface area (Å²) >= 11 is 1.45. The number of ether oxygens (including phenoxy) is 2. The lowest BCUT2D eigenvalue weighted by atomic mass is 10.00. The number of H-pyrrole nitrogens is 1. The van der Waals surface area contributed by atoms with Gasteiger partial charge in [-0.2, -0.15) is 4.98 Å². The standard InChI is InChI=1S/C16H19N3O3S/c1-16(2,21-3)12-10(5-4-7-17-12)9-23-15-18-13(20)11-6-8-22-14(11)19-15/h4-5,7H,6,8-9H2,1-3H3,(H,18,19,20). The Hall–Kier alpha value is -1.86. The molecule has 2 aromatic heterocycles. The fourth-order valence-electron chi connectivity index (χ4n) is 2.46. The number of nitrogens with zero attached hydrogens (tertiary/aromatic N) is 2. The molecule has 0 atom stereocenters. The highest BCUT2D eigenvalue weighted by Crippen LogP contribution is 2.29. The first-order chi connectivity index (χ1) is 11.0. The quantitative estimate of drug-likeness (QED) is 0.668.